The van der Waals surface area contributed by atoms with E-state index in [4.69, 9.17) is 0 Å². The minimum atomic E-state index is -4.00. The summed E-state index contributed by atoms with van der Waals surface area (Å²) in [7, 11) is 0. The van der Waals surface area contributed by atoms with Crippen molar-refractivity contribution in [3.63, 3.8) is 0 Å². The number of rotatable bonds is 12. The smallest absolute Gasteiger partial charge is 0.147 e. The second-order valence-corrected chi connectivity index (χ2v) is 52.0. The van der Waals surface area contributed by atoms with Crippen LogP contribution in [0.4, 0.5) is 0 Å². The van der Waals surface area contributed by atoms with E-state index < -0.39 is 17.4 Å². The van der Waals surface area contributed by atoms with E-state index in [-0.39, 0.29) is 24.8 Å². The van der Waals surface area contributed by atoms with E-state index in [1.807, 2.05) is 11.1 Å². The Morgan fingerprint density at radius 3 is 1.15 bits per heavy atom. The van der Waals surface area contributed by atoms with Gasteiger partial charge in [-0.2, -0.15) is 0 Å². The number of fused-ring (bicyclic) bond motifs is 2. The first-order valence-corrected chi connectivity index (χ1v) is 38.6. The third-order valence-corrected chi connectivity index (χ3v) is 34.5. The first kappa shape index (κ1) is 49.5. The number of benzene rings is 4. The number of aryl methyl sites for hydroxylation is 2. The molecule has 0 bridgehead atoms. The van der Waals surface area contributed by atoms with Crippen molar-refractivity contribution in [3.05, 3.63) is 129 Å². The van der Waals surface area contributed by atoms with E-state index in [1.54, 1.807) is 22.3 Å². The molecule has 0 spiro atoms. The van der Waals surface area contributed by atoms with Crippen LogP contribution in [0.3, 0.4) is 0 Å². The van der Waals surface area contributed by atoms with Gasteiger partial charge < -0.3 is 0 Å². The summed E-state index contributed by atoms with van der Waals surface area (Å²) in [6.07, 6.45) is 32.7. The molecule has 4 aliphatic carbocycles. The van der Waals surface area contributed by atoms with Gasteiger partial charge in [0.15, 0.2) is 0 Å². The van der Waals surface area contributed by atoms with Crippen molar-refractivity contribution < 1.29 is 17.4 Å². The summed E-state index contributed by atoms with van der Waals surface area (Å²) in [6, 6.07) is 34.1. The summed E-state index contributed by atoms with van der Waals surface area (Å²) in [5.41, 5.74) is 19.4. The Morgan fingerprint density at radius 2 is 0.823 bits per heavy atom. The van der Waals surface area contributed by atoms with Gasteiger partial charge in [0.2, 0.25) is 0 Å². The van der Waals surface area contributed by atoms with E-state index in [9.17, 15) is 0 Å². The fourth-order valence-electron chi connectivity index (χ4n) is 13.5. The topological polar surface area (TPSA) is 0 Å². The molecule has 2 unspecified atom stereocenters. The number of allylic oxidation sites excluding steroid dienone is 2. The van der Waals surface area contributed by atoms with Crippen molar-refractivity contribution in [3.8, 4) is 22.3 Å². The van der Waals surface area contributed by atoms with E-state index >= 15 is 0 Å². The second-order valence-electron chi connectivity index (χ2n) is 21.6. The van der Waals surface area contributed by atoms with Crippen molar-refractivity contribution in [1.29, 1.82) is 0 Å². The maximum absolute atomic E-state index is 4.00. The van der Waals surface area contributed by atoms with Gasteiger partial charge in [-0.05, 0) is 0 Å². The van der Waals surface area contributed by atoms with Crippen LogP contribution < -0.4 is 0 Å². The Balaban J connectivity index is 0.00000321. The predicted octanol–water partition coefficient (Wildman–Crippen LogP) is 18.0. The molecule has 62 heavy (non-hydrogen) atoms. The van der Waals surface area contributed by atoms with Crippen LogP contribution in [0.15, 0.2) is 96.1 Å². The molecule has 4 aromatic carbocycles. The third kappa shape index (κ3) is 9.91. The summed E-state index contributed by atoms with van der Waals surface area (Å²) >= 11 is -4.00. The second kappa shape index (κ2) is 20.7. The molecule has 334 valence electrons. The molecule has 0 nitrogen and oxygen atoms in total. The Hall–Kier alpha value is -1.96. The average molecular weight is 967 g/mol. The fraction of sp³-hybridized carbons (Fsp3) is 0.517. The summed E-state index contributed by atoms with van der Waals surface area (Å²) in [4.78, 5) is 0. The monoisotopic (exact) mass is 964 g/mol. The first-order valence-electron chi connectivity index (χ1n) is 24.9. The molecule has 0 amide bonds. The van der Waals surface area contributed by atoms with Crippen LogP contribution in [0.1, 0.15) is 184 Å². The van der Waals surface area contributed by atoms with Gasteiger partial charge in [0, 0.05) is 0 Å². The quantitative estimate of drug-likeness (QED) is 0.124. The average Bonchev–Trinajstić information content (AvgIpc) is 3.82. The van der Waals surface area contributed by atoms with Crippen molar-refractivity contribution >= 4 is 43.8 Å². The molecule has 2 saturated carbocycles. The van der Waals surface area contributed by atoms with Crippen molar-refractivity contribution in [2.75, 3.05) is 0 Å². The van der Waals surface area contributed by atoms with Crippen LogP contribution >= 0.6 is 24.8 Å². The summed E-state index contributed by atoms with van der Waals surface area (Å²) in [6.45, 7) is 12.2. The Morgan fingerprint density at radius 1 is 0.484 bits per heavy atom. The normalized spacial score (nSPS) is 21.1. The molecule has 4 heteroatoms. The largest absolute Gasteiger partial charge is 0.147 e. The van der Waals surface area contributed by atoms with Crippen LogP contribution in [-0.2, 0) is 30.2 Å². The third-order valence-electron chi connectivity index (χ3n) is 17.0. The minimum absolute atomic E-state index is 0. The molecule has 8 rings (SSSR count). The van der Waals surface area contributed by atoms with Crippen LogP contribution in [0, 0.1) is 10.8 Å². The zero-order valence-electron chi connectivity index (χ0n) is 39.6. The zero-order chi connectivity index (χ0) is 42.0. The molecule has 2 fully saturated rings. The van der Waals surface area contributed by atoms with Crippen LogP contribution in [0.2, 0.25) is 9.26 Å². The van der Waals surface area contributed by atoms with E-state index in [0.29, 0.717) is 18.1 Å². The number of hydrogen-bond acceptors (Lipinski definition) is 0. The van der Waals surface area contributed by atoms with Gasteiger partial charge in [-0.3, -0.25) is 0 Å². The maximum atomic E-state index is 2.94. The molecule has 0 aromatic heterocycles. The standard InChI is InChI=1S/2C28H35.2CH3.2ClH.H2Si.Zr/c2*1-3-22-13-15-24(16-14-22)26-12-10-11-25-19-23(20-27(25)26)21-28(4-2)17-8-6-5-7-9-18-28;;;;;;/h2*10-16,19-20H,3-9,17-18,21H2,1-2H3;2*1H3;2*1H;1H2;. The molecule has 0 heterocycles. The van der Waals surface area contributed by atoms with Crippen molar-refractivity contribution in [2.24, 2.45) is 10.8 Å². The number of hydrogen-bond donors (Lipinski definition) is 0. The summed E-state index contributed by atoms with van der Waals surface area (Å²) in [5.74, 6) is 0. The van der Waals surface area contributed by atoms with Gasteiger partial charge >= 0.3 is 372 Å². The van der Waals surface area contributed by atoms with Crippen LogP contribution in [-0.4, -0.2) is 6.88 Å². The molecule has 0 N–H and O–H groups in total. The van der Waals surface area contributed by atoms with Crippen molar-refractivity contribution in [1.82, 2.24) is 0 Å². The molecular weight excluding hydrogens is 887 g/mol. The van der Waals surface area contributed by atoms with Gasteiger partial charge in [0.25, 0.3) is 0 Å². The van der Waals surface area contributed by atoms with Crippen molar-refractivity contribution in [2.45, 2.75) is 173 Å². The van der Waals surface area contributed by atoms with Crippen LogP contribution in [0.5, 0.6) is 0 Å². The SMILES string of the molecule is CCc1ccc(-c2cccc3c2C=C(CC2(CC)CCCCCCC2)[CH]3[Zr]([CH3])([CH3])(=[SiH2])[CH]2C(CC3(CC)CCCCCCC3)=Cc3c(-c4ccc(CC)cc4)cccc32)cc1.Cl.Cl. The minimum Gasteiger partial charge on any atom is -0.147 e. The molecule has 4 aromatic rings. The van der Waals surface area contributed by atoms with E-state index in [1.165, 1.54) is 149 Å². The fourth-order valence-corrected chi connectivity index (χ4v) is 33.2. The van der Waals surface area contributed by atoms with Gasteiger partial charge in [0.05, 0.1) is 0 Å². The molecular formula is C58H80Cl2SiZr. The summed E-state index contributed by atoms with van der Waals surface area (Å²) in [5, 5.41) is 0. The van der Waals surface area contributed by atoms with Gasteiger partial charge in [-0.25, -0.2) is 0 Å². The predicted molar refractivity (Wildman–Crippen MR) is 278 cm³/mol. The Kier molecular flexibility index (Phi) is 16.5. The Labute approximate surface area is 393 Å². The molecule has 2 atom stereocenters. The van der Waals surface area contributed by atoms with Gasteiger partial charge in [-0.15, -0.1) is 24.8 Å². The maximum Gasteiger partial charge on any atom is -0.147 e. The molecule has 0 radical (unpaired) electrons. The Bertz CT molecular complexity index is 2100. The van der Waals surface area contributed by atoms with Gasteiger partial charge in [-0.1, -0.05) is 0 Å². The molecule has 4 aliphatic rings. The molecule has 0 aliphatic heterocycles. The van der Waals surface area contributed by atoms with E-state index in [2.05, 4.69) is 141 Å². The molecule has 0 saturated heterocycles. The summed E-state index contributed by atoms with van der Waals surface area (Å²) < 4.78 is 6.95. The number of halogens is 2. The van der Waals surface area contributed by atoms with Crippen LogP contribution in [0.25, 0.3) is 34.4 Å². The first-order chi connectivity index (χ1) is 29.0. The van der Waals surface area contributed by atoms with Gasteiger partial charge in [0.1, 0.15) is 0 Å². The zero-order valence-corrected chi connectivity index (χ0v) is 45.1. The van der Waals surface area contributed by atoms with E-state index in [0.717, 1.165) is 12.8 Å².